The zero-order chi connectivity index (χ0) is 97.0. The number of carbonyl (C=O) groups is 8. The number of nitrogens with one attached hydrogen (secondary N) is 7. The minimum Gasteiger partial charge on any atom is -0.492 e. The van der Waals surface area contributed by atoms with Crippen LogP contribution in [-0.4, -0.2) is 95.0 Å². The van der Waals surface area contributed by atoms with Crippen molar-refractivity contribution in [1.82, 2.24) is 42.2 Å². The molecule has 0 atom stereocenters. The van der Waals surface area contributed by atoms with Gasteiger partial charge in [-0.15, -0.1) is 0 Å². The normalized spacial score (nSPS) is 11.2. The fraction of sp³-hybridized carbons (Fsp3) is 0.275. The summed E-state index contributed by atoms with van der Waals surface area (Å²) < 4.78 is 54.3. The summed E-state index contributed by atoms with van der Waals surface area (Å²) in [7, 11) is 0. The Morgan fingerprint density at radius 2 is 0.687 bits per heavy atom. The third-order valence-electron chi connectivity index (χ3n) is 19.8. The van der Waals surface area contributed by atoms with Crippen molar-refractivity contribution >= 4 is 71.1 Å². The Balaban J connectivity index is 0.000000201. The molecule has 21 nitrogen and oxygen atoms in total. The lowest BCUT2D eigenvalue weighted by molar-refractivity contribution is 0.0173. The number of Topliss-reactive ketones (excluding diaryl/α,β-unsaturated/α-hetero) is 1. The number of aryl methyl sites for hydroxylation is 1. The van der Waals surface area contributed by atoms with Crippen molar-refractivity contribution in [1.29, 1.82) is 0 Å². The number of nitrogens with zero attached hydrogens (tertiary/aromatic N) is 1. The summed E-state index contributed by atoms with van der Waals surface area (Å²) in [6.45, 7) is 25.0. The van der Waals surface area contributed by atoms with Crippen LogP contribution in [0.2, 0.25) is 10.0 Å². The van der Waals surface area contributed by atoms with Crippen LogP contribution in [0.3, 0.4) is 0 Å². The zero-order valence-electron chi connectivity index (χ0n) is 78.0. The minimum absolute atomic E-state index is 0.101. The van der Waals surface area contributed by atoms with Gasteiger partial charge in [0.15, 0.2) is 5.78 Å². The predicted molar refractivity (Wildman–Crippen MR) is 525 cm³/mol. The second-order valence-corrected chi connectivity index (χ2v) is 36.1. The molecule has 7 amide bonds. The highest BCUT2D eigenvalue weighted by Gasteiger charge is 2.27. The Morgan fingerprint density at radius 1 is 0.328 bits per heavy atom. The number of rotatable bonds is 30. The Hall–Kier alpha value is -14.0. The lowest BCUT2D eigenvalue weighted by Crippen LogP contribution is -2.32. The number of alkyl halides is 2. The van der Waals surface area contributed by atoms with Crippen molar-refractivity contribution < 1.29 is 70.8 Å². The van der Waals surface area contributed by atoms with Gasteiger partial charge in [0.25, 0.3) is 23.6 Å². The molecule has 1 aromatic heterocycles. The summed E-state index contributed by atoms with van der Waals surface area (Å²) in [5.41, 5.74) is 12.4. The van der Waals surface area contributed by atoms with Gasteiger partial charge in [-0.1, -0.05) is 248 Å². The molecule has 1 heterocycles. The molecule has 0 aliphatic heterocycles. The van der Waals surface area contributed by atoms with Gasteiger partial charge in [-0.3, -0.25) is 24.2 Å². The molecule has 0 fully saturated rings. The van der Waals surface area contributed by atoms with Crippen LogP contribution in [0, 0.1) is 0 Å². The topological polar surface area (TPSA) is 280 Å². The van der Waals surface area contributed by atoms with Crippen LogP contribution in [-0.2, 0) is 70.4 Å². The van der Waals surface area contributed by atoms with E-state index in [2.05, 4.69) is 42.2 Å². The molecule has 0 saturated heterocycles. The fourth-order valence-electron chi connectivity index (χ4n) is 13.8. The Kier molecular flexibility index (Phi) is 38.7. The summed E-state index contributed by atoms with van der Waals surface area (Å²) in [5.74, 6) is -2.79. The number of carbonyl (C=O) groups excluding carboxylic acids is 8. The monoisotopic (exact) mass is 1850 g/mol. The quantitative estimate of drug-likeness (QED) is 0.0125. The first-order valence-electron chi connectivity index (χ1n) is 44.2. The van der Waals surface area contributed by atoms with E-state index in [9.17, 15) is 47.1 Å². The van der Waals surface area contributed by atoms with E-state index in [1.807, 2.05) is 287 Å². The molecule has 25 heteroatoms. The van der Waals surface area contributed by atoms with E-state index in [1.165, 1.54) is 12.1 Å². The summed E-state index contributed by atoms with van der Waals surface area (Å²) in [6.07, 6.45) is 2.35. The van der Waals surface area contributed by atoms with Crippen molar-refractivity contribution in [3.05, 3.63) is 368 Å². The summed E-state index contributed by atoms with van der Waals surface area (Å²) >= 11 is 12.2. The number of ether oxygens (including phenoxy) is 5. The molecule has 0 aliphatic rings. The number of halogens is 4. The van der Waals surface area contributed by atoms with Gasteiger partial charge < -0.3 is 60.9 Å². The standard InChI is InChI=1S/C28H30F2N2O3.C27H28Cl2N2O3.C27H30N2O4.C27H30N2O3/c1-27(2,3)35-26(34)32-18-20-11-5-6-13-22(20)23-14-7-8-15-24(23)25(33)31-17-19-10-9-12-21(16-19)28(4,29)30;1-27(2,3)34-26(33)31-17-19-8-4-5-9-21(19)22-10-6-7-11-23(22)25(32)30-15-14-18-12-13-20(28)16-24(18)29;1-27(2,3)33-26(31)29-19-20-11-7-8-14-22(20)23-15-9-10-16-24(23)25(30)28-17-18-32-21-12-5-4-6-13-21;1-27(2,3)32-26(31)29-19-20-11-4-5-14-22(20)23-15-6-7-16-24(23)25(30)17-10-13-21-12-8-9-18-28-21/h5-16H,17-18H2,1-4H3,(H,31,33)(H,32,34);4-13,16H,14-15,17H2,1-3H3,(H,30,32)(H,31,33);4-16H,17-19H2,1-3H3,(H,28,30)(H,29,31);4-9,11-12,14-16,18H,10,13,17,19H2,1-3H3,(H,29,31). The van der Waals surface area contributed by atoms with Gasteiger partial charge >= 0.3 is 24.4 Å². The van der Waals surface area contributed by atoms with Gasteiger partial charge in [0.1, 0.15) is 34.8 Å². The number of hydrogen-bond acceptors (Lipinski definition) is 14. The van der Waals surface area contributed by atoms with Crippen molar-refractivity contribution in [3.63, 3.8) is 0 Å². The summed E-state index contributed by atoms with van der Waals surface area (Å²) in [6, 6.07) is 86.8. The minimum atomic E-state index is -2.95. The Labute approximate surface area is 794 Å². The lowest BCUT2D eigenvalue weighted by Gasteiger charge is -2.20. The number of ketones is 1. The first kappa shape index (κ1) is 104. The van der Waals surface area contributed by atoms with E-state index in [4.69, 9.17) is 46.9 Å². The summed E-state index contributed by atoms with van der Waals surface area (Å²) in [4.78, 5) is 105. The average molecular weight is 1860 g/mol. The van der Waals surface area contributed by atoms with E-state index in [0.717, 1.165) is 98.0 Å². The number of hydrogen-bond donors (Lipinski definition) is 7. The number of para-hydroxylation sites is 1. The van der Waals surface area contributed by atoms with Crippen molar-refractivity contribution in [3.8, 4) is 50.3 Å². The summed E-state index contributed by atoms with van der Waals surface area (Å²) in [5, 5.41) is 21.0. The van der Waals surface area contributed by atoms with Crippen LogP contribution in [0.1, 0.15) is 189 Å². The highest BCUT2D eigenvalue weighted by atomic mass is 35.5. The maximum atomic E-state index is 13.6. The fourth-order valence-corrected chi connectivity index (χ4v) is 14.3. The van der Waals surface area contributed by atoms with E-state index < -0.39 is 52.7 Å². The number of benzene rings is 11. The highest BCUT2D eigenvalue weighted by Crippen LogP contribution is 2.35. The highest BCUT2D eigenvalue weighted by molar-refractivity contribution is 6.35. The molecule has 0 spiro atoms. The average Bonchev–Trinajstić information content (AvgIpc) is 0.813. The molecule has 700 valence electrons. The first-order valence-corrected chi connectivity index (χ1v) is 44.9. The molecule has 0 saturated carbocycles. The van der Waals surface area contributed by atoms with Crippen molar-refractivity contribution in [2.24, 2.45) is 0 Å². The van der Waals surface area contributed by atoms with Crippen LogP contribution < -0.4 is 42.0 Å². The van der Waals surface area contributed by atoms with Gasteiger partial charge in [0.2, 0.25) is 0 Å². The molecule has 0 unspecified atom stereocenters. The molecule has 7 N–H and O–H groups in total. The SMILES string of the molecule is CC(C)(C)OC(=O)NCc1ccccc1-c1ccccc1C(=O)CCCc1ccccn1.CC(C)(C)OC(=O)NCc1ccccc1-c1ccccc1C(=O)NCCOc1ccccc1.CC(C)(C)OC(=O)NCc1ccccc1-c1ccccc1C(=O)NCCc1ccc(Cl)cc1Cl.CC(C)(C)OC(=O)NCc1ccccc1-c1ccccc1C(=O)NCc1cccc(C(C)(F)F)c1. The Morgan fingerprint density at radius 3 is 1.07 bits per heavy atom. The molecule has 0 aliphatic carbocycles. The van der Waals surface area contributed by atoms with E-state index in [1.54, 1.807) is 75.5 Å². The van der Waals surface area contributed by atoms with Crippen LogP contribution in [0.4, 0.5) is 28.0 Å². The lowest BCUT2D eigenvalue weighted by atomic mass is 9.92. The van der Waals surface area contributed by atoms with Crippen LogP contribution >= 0.6 is 23.2 Å². The third-order valence-corrected chi connectivity index (χ3v) is 20.4. The van der Waals surface area contributed by atoms with Gasteiger partial charge in [0, 0.05) is 102 Å². The predicted octanol–water partition coefficient (Wildman–Crippen LogP) is 24.2. The molecular weight excluding hydrogens is 1740 g/mol. The maximum Gasteiger partial charge on any atom is 0.407 e. The zero-order valence-corrected chi connectivity index (χ0v) is 79.5. The van der Waals surface area contributed by atoms with Crippen molar-refractivity contribution in [2.75, 3.05) is 19.7 Å². The molecular formula is C109H118Cl2F2N8O13. The van der Waals surface area contributed by atoms with E-state index >= 15 is 0 Å². The first-order chi connectivity index (χ1) is 63.7. The number of pyridine rings is 1. The largest absolute Gasteiger partial charge is 0.492 e. The third kappa shape index (κ3) is 34.9. The van der Waals surface area contributed by atoms with E-state index in [0.29, 0.717) is 82.5 Å². The molecule has 11 aromatic carbocycles. The van der Waals surface area contributed by atoms with Crippen molar-refractivity contribution in [2.45, 2.75) is 177 Å². The molecule has 134 heavy (non-hydrogen) atoms. The van der Waals surface area contributed by atoms with Crippen LogP contribution in [0.15, 0.2) is 291 Å². The smallest absolute Gasteiger partial charge is 0.407 e. The maximum absolute atomic E-state index is 13.6. The van der Waals surface area contributed by atoms with Crippen LogP contribution in [0.25, 0.3) is 44.5 Å². The second-order valence-electron chi connectivity index (χ2n) is 35.3. The second kappa shape index (κ2) is 50.0. The van der Waals surface area contributed by atoms with Gasteiger partial charge in [-0.2, -0.15) is 0 Å². The molecule has 12 rings (SSSR count). The van der Waals surface area contributed by atoms with Crippen LogP contribution in [0.5, 0.6) is 5.75 Å². The molecule has 0 bridgehead atoms. The van der Waals surface area contributed by atoms with Gasteiger partial charge in [0.05, 0.1) is 6.54 Å². The van der Waals surface area contributed by atoms with Gasteiger partial charge in [-0.25, -0.2) is 28.0 Å². The van der Waals surface area contributed by atoms with Gasteiger partial charge in [-0.05, 0) is 241 Å². The number of aromatic nitrogens is 1. The Bertz CT molecular complexity index is 5950. The van der Waals surface area contributed by atoms with E-state index in [-0.39, 0.29) is 55.2 Å². The molecule has 0 radical (unpaired) electrons. The number of alkyl carbamates (subject to hydrolysis) is 4. The molecule has 12 aromatic rings. The number of amides is 7.